The maximum atomic E-state index is 12.4. The number of aromatic amines is 1. The van der Waals surface area contributed by atoms with Crippen molar-refractivity contribution in [2.75, 3.05) is 0 Å². The Balaban J connectivity index is 1.83. The highest BCUT2D eigenvalue weighted by Gasteiger charge is 2.12. The molecule has 24 heavy (non-hydrogen) atoms. The molecule has 0 fully saturated rings. The molecule has 122 valence electrons. The minimum absolute atomic E-state index is 0.0751. The van der Waals surface area contributed by atoms with E-state index in [1.165, 1.54) is 6.07 Å². The van der Waals surface area contributed by atoms with E-state index in [1.54, 1.807) is 12.1 Å². The molecule has 0 atom stereocenters. The van der Waals surface area contributed by atoms with Crippen LogP contribution in [0.2, 0.25) is 5.02 Å². The molecule has 0 radical (unpaired) electrons. The maximum absolute atomic E-state index is 12.4. The third-order valence-electron chi connectivity index (χ3n) is 3.47. The van der Waals surface area contributed by atoms with Gasteiger partial charge in [-0.25, -0.2) is 9.36 Å². The van der Waals surface area contributed by atoms with E-state index in [1.807, 2.05) is 30.3 Å². The molecule has 0 unspecified atom stereocenters. The summed E-state index contributed by atoms with van der Waals surface area (Å²) in [4.78, 5) is 38.9. The van der Waals surface area contributed by atoms with E-state index < -0.39 is 23.8 Å². The van der Waals surface area contributed by atoms with Crippen molar-refractivity contribution in [1.82, 2.24) is 9.55 Å². The molecule has 1 N–H and O–H groups in total. The Morgan fingerprint density at radius 2 is 1.88 bits per heavy atom. The van der Waals surface area contributed by atoms with Gasteiger partial charge in [-0.05, 0) is 23.8 Å². The molecular formula is C17H13ClN2O4. The van der Waals surface area contributed by atoms with E-state index in [-0.39, 0.29) is 12.0 Å². The van der Waals surface area contributed by atoms with Crippen molar-refractivity contribution >= 4 is 28.5 Å². The van der Waals surface area contributed by atoms with Gasteiger partial charge in [0.1, 0.15) is 13.2 Å². The van der Waals surface area contributed by atoms with Crippen molar-refractivity contribution in [3.63, 3.8) is 0 Å². The molecule has 0 spiro atoms. The van der Waals surface area contributed by atoms with Crippen molar-refractivity contribution in [2.24, 2.45) is 0 Å². The van der Waals surface area contributed by atoms with Crippen LogP contribution in [-0.2, 0) is 22.7 Å². The van der Waals surface area contributed by atoms with E-state index in [0.29, 0.717) is 10.5 Å². The van der Waals surface area contributed by atoms with Gasteiger partial charge in [-0.2, -0.15) is 0 Å². The summed E-state index contributed by atoms with van der Waals surface area (Å²) in [6.45, 7) is -0.394. The number of hydrogen-bond donors (Lipinski definition) is 1. The maximum Gasteiger partial charge on any atom is 0.329 e. The molecular weight excluding hydrogens is 332 g/mol. The number of halogens is 1. The lowest BCUT2D eigenvalue weighted by Gasteiger charge is -2.07. The van der Waals surface area contributed by atoms with Crippen LogP contribution in [0.5, 0.6) is 0 Å². The number of aromatic nitrogens is 2. The minimum atomic E-state index is -0.675. The lowest BCUT2D eigenvalue weighted by molar-refractivity contribution is -0.145. The van der Waals surface area contributed by atoms with E-state index >= 15 is 0 Å². The Kier molecular flexibility index (Phi) is 4.48. The lowest BCUT2D eigenvalue weighted by Crippen LogP contribution is -2.37. The second-order valence-electron chi connectivity index (χ2n) is 5.16. The average Bonchev–Trinajstić information content (AvgIpc) is 2.58. The van der Waals surface area contributed by atoms with E-state index in [0.717, 1.165) is 10.1 Å². The monoisotopic (exact) mass is 344 g/mol. The van der Waals surface area contributed by atoms with E-state index in [4.69, 9.17) is 16.3 Å². The van der Waals surface area contributed by atoms with Crippen molar-refractivity contribution < 1.29 is 9.53 Å². The summed E-state index contributed by atoms with van der Waals surface area (Å²) in [5.41, 5.74) is -0.0832. The van der Waals surface area contributed by atoms with Crippen molar-refractivity contribution in [2.45, 2.75) is 13.2 Å². The number of rotatable bonds is 4. The predicted molar refractivity (Wildman–Crippen MR) is 90.1 cm³/mol. The van der Waals surface area contributed by atoms with Gasteiger partial charge >= 0.3 is 11.7 Å². The normalized spacial score (nSPS) is 10.7. The largest absolute Gasteiger partial charge is 0.459 e. The molecule has 7 heteroatoms. The molecule has 0 aliphatic carbocycles. The first-order chi connectivity index (χ1) is 11.5. The van der Waals surface area contributed by atoms with Gasteiger partial charge < -0.3 is 9.72 Å². The number of benzene rings is 2. The zero-order chi connectivity index (χ0) is 17.1. The fraction of sp³-hybridized carbons (Fsp3) is 0.118. The Hall–Kier alpha value is -2.86. The van der Waals surface area contributed by atoms with Crippen molar-refractivity contribution in [3.8, 4) is 0 Å². The number of hydrogen-bond acceptors (Lipinski definition) is 4. The lowest BCUT2D eigenvalue weighted by atomic mass is 10.2. The van der Waals surface area contributed by atoms with Crippen LogP contribution in [0.1, 0.15) is 5.56 Å². The van der Waals surface area contributed by atoms with E-state index in [2.05, 4.69) is 4.98 Å². The first-order valence-corrected chi connectivity index (χ1v) is 7.54. The Morgan fingerprint density at radius 1 is 1.12 bits per heavy atom. The van der Waals surface area contributed by atoms with Crippen molar-refractivity contribution in [1.29, 1.82) is 0 Å². The summed E-state index contributed by atoms with van der Waals surface area (Å²) in [6, 6.07) is 13.7. The van der Waals surface area contributed by atoms with Crippen LogP contribution in [0.3, 0.4) is 0 Å². The van der Waals surface area contributed by atoms with Crippen LogP contribution >= 0.6 is 11.6 Å². The molecule has 6 nitrogen and oxygen atoms in total. The molecule has 0 saturated carbocycles. The van der Waals surface area contributed by atoms with Gasteiger partial charge in [0, 0.05) is 5.02 Å². The molecule has 0 bridgehead atoms. The second-order valence-corrected chi connectivity index (χ2v) is 5.59. The molecule has 0 saturated heterocycles. The van der Waals surface area contributed by atoms with Crippen LogP contribution in [0, 0.1) is 0 Å². The summed E-state index contributed by atoms with van der Waals surface area (Å²) < 4.78 is 5.90. The highest BCUT2D eigenvalue weighted by molar-refractivity contribution is 6.31. The molecule has 1 aromatic heterocycles. The average molecular weight is 345 g/mol. The number of carbonyl (C=O) groups excluding carboxylic acids is 1. The van der Waals surface area contributed by atoms with Gasteiger partial charge in [-0.3, -0.25) is 9.59 Å². The third kappa shape index (κ3) is 3.38. The van der Waals surface area contributed by atoms with Crippen LogP contribution in [0.4, 0.5) is 0 Å². The number of carbonyl (C=O) groups is 1. The fourth-order valence-electron chi connectivity index (χ4n) is 2.28. The smallest absolute Gasteiger partial charge is 0.329 e. The van der Waals surface area contributed by atoms with Crippen LogP contribution < -0.4 is 11.2 Å². The highest BCUT2D eigenvalue weighted by Crippen LogP contribution is 2.13. The summed E-state index contributed by atoms with van der Waals surface area (Å²) in [5.74, 6) is -0.673. The van der Waals surface area contributed by atoms with Gasteiger partial charge in [0.05, 0.1) is 10.9 Å². The van der Waals surface area contributed by atoms with Crippen molar-refractivity contribution in [3.05, 3.63) is 80.0 Å². The number of H-pyrrole nitrogens is 1. The standard InChI is InChI=1S/C17H13ClN2O4/c18-12-6-7-14-13(8-12)16(22)20(17(23)19-14)9-15(21)24-10-11-4-2-1-3-5-11/h1-8H,9-10H2,(H,19,23). The summed E-state index contributed by atoms with van der Waals surface area (Å²) in [7, 11) is 0. The van der Waals surface area contributed by atoms with Crippen LogP contribution in [0.15, 0.2) is 58.1 Å². The molecule has 3 aromatic rings. The van der Waals surface area contributed by atoms with Gasteiger partial charge in [-0.1, -0.05) is 41.9 Å². The van der Waals surface area contributed by atoms with E-state index in [9.17, 15) is 14.4 Å². The van der Waals surface area contributed by atoms with Gasteiger partial charge in [0.25, 0.3) is 5.56 Å². The predicted octanol–water partition coefficient (Wildman–Crippen LogP) is 2.09. The number of fused-ring (bicyclic) bond motifs is 1. The number of nitrogens with zero attached hydrogens (tertiary/aromatic N) is 1. The molecule has 0 amide bonds. The molecule has 3 rings (SSSR count). The minimum Gasteiger partial charge on any atom is -0.459 e. The van der Waals surface area contributed by atoms with Gasteiger partial charge in [0.2, 0.25) is 0 Å². The summed E-state index contributed by atoms with van der Waals surface area (Å²) in [6.07, 6.45) is 0. The Bertz CT molecular complexity index is 1010. The molecule has 1 heterocycles. The van der Waals surface area contributed by atoms with Crippen LogP contribution in [0.25, 0.3) is 10.9 Å². The van der Waals surface area contributed by atoms with Gasteiger partial charge in [0.15, 0.2) is 0 Å². The molecule has 0 aliphatic heterocycles. The molecule has 2 aromatic carbocycles. The number of ether oxygens (including phenoxy) is 1. The second kappa shape index (κ2) is 6.72. The highest BCUT2D eigenvalue weighted by atomic mass is 35.5. The summed E-state index contributed by atoms with van der Waals surface area (Å²) >= 11 is 5.87. The topological polar surface area (TPSA) is 81.2 Å². The SMILES string of the molecule is O=C(Cn1c(=O)[nH]c2ccc(Cl)cc2c1=O)OCc1ccccc1. The molecule has 0 aliphatic rings. The first kappa shape index (κ1) is 16.0. The Labute approximate surface area is 141 Å². The number of nitrogens with one attached hydrogen (secondary N) is 1. The van der Waals surface area contributed by atoms with Crippen LogP contribution in [-0.4, -0.2) is 15.5 Å². The number of esters is 1. The summed E-state index contributed by atoms with van der Waals surface area (Å²) in [5, 5.41) is 0.600. The quantitative estimate of drug-likeness (QED) is 0.735. The Morgan fingerprint density at radius 3 is 2.62 bits per heavy atom. The third-order valence-corrected chi connectivity index (χ3v) is 3.71. The van der Waals surface area contributed by atoms with Gasteiger partial charge in [-0.15, -0.1) is 0 Å². The first-order valence-electron chi connectivity index (χ1n) is 7.16. The zero-order valence-electron chi connectivity index (χ0n) is 12.5. The zero-order valence-corrected chi connectivity index (χ0v) is 13.2. The fourth-order valence-corrected chi connectivity index (χ4v) is 2.45.